The topological polar surface area (TPSA) is 117 Å². The van der Waals surface area contributed by atoms with Crippen LogP contribution in [0.1, 0.15) is 5.56 Å². The lowest BCUT2D eigenvalue weighted by Crippen LogP contribution is -2.41. The Balaban J connectivity index is 1.59. The summed E-state index contributed by atoms with van der Waals surface area (Å²) in [5, 5.41) is 16.2. The van der Waals surface area contributed by atoms with Crippen molar-refractivity contribution < 1.29 is 18.3 Å². The fourth-order valence-corrected chi connectivity index (χ4v) is 5.10. The molecule has 0 saturated carbocycles. The van der Waals surface area contributed by atoms with Gasteiger partial charge in [-0.15, -0.1) is 0 Å². The van der Waals surface area contributed by atoms with Crippen molar-refractivity contribution in [3.63, 3.8) is 0 Å². The Morgan fingerprint density at radius 2 is 1.74 bits per heavy atom. The van der Waals surface area contributed by atoms with Gasteiger partial charge in [0.15, 0.2) is 0 Å². The number of aliphatic hydroxyl groups excluding tert-OH is 1. The second-order valence-electron chi connectivity index (χ2n) is 7.04. The molecule has 0 radical (unpaired) electrons. The molecule has 9 nitrogen and oxygen atoms in total. The third-order valence-corrected chi connectivity index (χ3v) is 7.00. The average Bonchev–Trinajstić information content (AvgIpc) is 2.82. The molecule has 1 aromatic heterocycles. The van der Waals surface area contributed by atoms with Crippen molar-refractivity contribution in [1.29, 1.82) is 0 Å². The molecule has 3 aromatic rings. The third-order valence-electron chi connectivity index (χ3n) is 5.00. The van der Waals surface area contributed by atoms with E-state index in [-0.39, 0.29) is 18.0 Å². The molecule has 1 aliphatic rings. The van der Waals surface area contributed by atoms with Crippen LogP contribution < -0.4 is 10.6 Å². The fourth-order valence-electron chi connectivity index (χ4n) is 3.47. The molecule has 2 aromatic carbocycles. The van der Waals surface area contributed by atoms with Gasteiger partial charge in [-0.2, -0.15) is 9.29 Å². The number of hydrogen-bond donors (Lipinski definition) is 3. The molecular weight excluding hydrogens is 418 g/mol. The molecule has 2 heterocycles. The number of sulfonamides is 1. The van der Waals surface area contributed by atoms with E-state index in [2.05, 4.69) is 20.6 Å². The predicted molar refractivity (Wildman–Crippen MR) is 118 cm³/mol. The summed E-state index contributed by atoms with van der Waals surface area (Å²) < 4.78 is 33.0. The van der Waals surface area contributed by atoms with Crippen LogP contribution in [0.5, 0.6) is 0 Å². The first kappa shape index (κ1) is 21.4. The molecule has 0 bridgehead atoms. The Morgan fingerprint density at radius 1 is 1.00 bits per heavy atom. The number of anilines is 2. The summed E-state index contributed by atoms with van der Waals surface area (Å²) in [6.07, 6.45) is 0. The number of para-hydroxylation sites is 1. The highest BCUT2D eigenvalue weighted by atomic mass is 32.2. The first-order chi connectivity index (χ1) is 15.1. The van der Waals surface area contributed by atoms with Gasteiger partial charge in [-0.25, -0.2) is 13.4 Å². The van der Waals surface area contributed by atoms with E-state index in [1.807, 2.05) is 30.3 Å². The zero-order valence-electron chi connectivity index (χ0n) is 17.0. The fraction of sp³-hybridized carbons (Fsp3) is 0.333. The standard InChI is InChI=1S/C21H25N5O4S/c27-12-9-22-20-17-6-2-3-7-18(17)24-21(25-20)23-15-16-5-1-4-8-19(16)31(28,29)26-10-13-30-14-11-26/h1-8,27H,9-15H2,(H2,22,23,24,25). The van der Waals surface area contributed by atoms with Crippen molar-refractivity contribution in [2.75, 3.05) is 50.1 Å². The molecule has 4 rings (SSSR count). The van der Waals surface area contributed by atoms with Gasteiger partial charge in [0.1, 0.15) is 5.82 Å². The summed E-state index contributed by atoms with van der Waals surface area (Å²) in [5.41, 5.74) is 1.38. The highest BCUT2D eigenvalue weighted by Crippen LogP contribution is 2.24. The van der Waals surface area contributed by atoms with Crippen LogP contribution in [0.4, 0.5) is 11.8 Å². The number of nitrogens with one attached hydrogen (secondary N) is 2. The number of ether oxygens (including phenoxy) is 1. The molecule has 0 spiro atoms. The molecule has 0 atom stereocenters. The van der Waals surface area contributed by atoms with Crippen molar-refractivity contribution in [3.8, 4) is 0 Å². The molecule has 0 unspecified atom stereocenters. The number of morpholine rings is 1. The van der Waals surface area contributed by atoms with Crippen LogP contribution in [0.25, 0.3) is 10.9 Å². The SMILES string of the molecule is O=S(=O)(c1ccccc1CNc1nc(NCCO)c2ccccc2n1)N1CCOCC1. The molecule has 10 heteroatoms. The molecule has 0 aliphatic carbocycles. The summed E-state index contributed by atoms with van der Waals surface area (Å²) in [7, 11) is -3.62. The molecule has 3 N–H and O–H groups in total. The lowest BCUT2D eigenvalue weighted by Gasteiger charge is -2.27. The molecule has 0 amide bonds. The van der Waals surface area contributed by atoms with Crippen molar-refractivity contribution >= 4 is 32.7 Å². The minimum absolute atomic E-state index is 0.0200. The quantitative estimate of drug-likeness (QED) is 0.481. The largest absolute Gasteiger partial charge is 0.395 e. The van der Waals surface area contributed by atoms with E-state index in [0.717, 1.165) is 10.9 Å². The number of fused-ring (bicyclic) bond motifs is 1. The van der Waals surface area contributed by atoms with E-state index in [1.54, 1.807) is 18.2 Å². The van der Waals surface area contributed by atoms with Gasteiger partial charge >= 0.3 is 0 Å². The monoisotopic (exact) mass is 443 g/mol. The summed E-state index contributed by atoms with van der Waals surface area (Å²) in [6.45, 7) is 2.07. The Labute approximate surface area is 181 Å². The number of hydrogen-bond acceptors (Lipinski definition) is 8. The zero-order valence-corrected chi connectivity index (χ0v) is 17.8. The maximum Gasteiger partial charge on any atom is 0.243 e. The van der Waals surface area contributed by atoms with Crippen molar-refractivity contribution in [1.82, 2.24) is 14.3 Å². The van der Waals surface area contributed by atoms with E-state index in [1.165, 1.54) is 4.31 Å². The van der Waals surface area contributed by atoms with Gasteiger partial charge in [-0.1, -0.05) is 30.3 Å². The van der Waals surface area contributed by atoms with Gasteiger partial charge in [0.2, 0.25) is 16.0 Å². The maximum absolute atomic E-state index is 13.1. The molecular formula is C21H25N5O4S. The van der Waals surface area contributed by atoms with Gasteiger partial charge in [0.05, 0.1) is 30.2 Å². The van der Waals surface area contributed by atoms with E-state index >= 15 is 0 Å². The minimum atomic E-state index is -3.62. The van der Waals surface area contributed by atoms with Crippen molar-refractivity contribution in [3.05, 3.63) is 54.1 Å². The van der Waals surface area contributed by atoms with E-state index < -0.39 is 10.0 Å². The predicted octanol–water partition coefficient (Wildman–Crippen LogP) is 1.67. The van der Waals surface area contributed by atoms with E-state index in [9.17, 15) is 8.42 Å². The van der Waals surface area contributed by atoms with E-state index in [4.69, 9.17) is 9.84 Å². The van der Waals surface area contributed by atoms with Crippen LogP contribution in [0.2, 0.25) is 0 Å². The second-order valence-corrected chi connectivity index (χ2v) is 8.95. The molecule has 1 fully saturated rings. The van der Waals surface area contributed by atoms with E-state index in [0.29, 0.717) is 50.2 Å². The maximum atomic E-state index is 13.1. The van der Waals surface area contributed by atoms with Crippen LogP contribution in [-0.4, -0.2) is 67.3 Å². The summed E-state index contributed by atoms with van der Waals surface area (Å²) in [4.78, 5) is 9.32. The van der Waals surface area contributed by atoms with Gasteiger partial charge in [0, 0.05) is 31.6 Å². The summed E-state index contributed by atoms with van der Waals surface area (Å²) in [6, 6.07) is 14.5. The first-order valence-electron chi connectivity index (χ1n) is 10.1. The lowest BCUT2D eigenvalue weighted by molar-refractivity contribution is 0.0730. The van der Waals surface area contributed by atoms with Crippen LogP contribution in [0.15, 0.2) is 53.4 Å². The summed E-state index contributed by atoms with van der Waals surface area (Å²) in [5.74, 6) is 0.981. The molecule has 31 heavy (non-hydrogen) atoms. The van der Waals surface area contributed by atoms with Gasteiger partial charge in [-0.05, 0) is 23.8 Å². The number of nitrogens with zero attached hydrogens (tertiary/aromatic N) is 3. The normalized spacial score (nSPS) is 15.1. The smallest absolute Gasteiger partial charge is 0.243 e. The van der Waals surface area contributed by atoms with Gasteiger partial charge < -0.3 is 20.5 Å². The molecule has 1 saturated heterocycles. The number of rotatable bonds is 8. The number of aromatic nitrogens is 2. The lowest BCUT2D eigenvalue weighted by atomic mass is 10.2. The van der Waals surface area contributed by atoms with Crippen LogP contribution in [0, 0.1) is 0 Å². The van der Waals surface area contributed by atoms with Crippen molar-refractivity contribution in [2.45, 2.75) is 11.4 Å². The Hall–Kier alpha value is -2.79. The Bertz CT molecular complexity index is 1150. The molecule has 1 aliphatic heterocycles. The van der Waals surface area contributed by atoms with Crippen LogP contribution in [0.3, 0.4) is 0 Å². The Kier molecular flexibility index (Phi) is 6.62. The minimum Gasteiger partial charge on any atom is -0.395 e. The van der Waals surface area contributed by atoms with Crippen LogP contribution >= 0.6 is 0 Å². The van der Waals surface area contributed by atoms with Gasteiger partial charge in [0.25, 0.3) is 0 Å². The zero-order chi connectivity index (χ0) is 21.7. The number of benzene rings is 2. The first-order valence-corrected chi connectivity index (χ1v) is 11.5. The highest BCUT2D eigenvalue weighted by Gasteiger charge is 2.28. The summed E-state index contributed by atoms with van der Waals surface area (Å²) >= 11 is 0. The Morgan fingerprint density at radius 3 is 2.55 bits per heavy atom. The van der Waals surface area contributed by atoms with Crippen LogP contribution in [-0.2, 0) is 21.3 Å². The van der Waals surface area contributed by atoms with Crippen molar-refractivity contribution in [2.24, 2.45) is 0 Å². The second kappa shape index (κ2) is 9.56. The number of aliphatic hydroxyl groups is 1. The third kappa shape index (κ3) is 4.77. The average molecular weight is 444 g/mol. The van der Waals surface area contributed by atoms with Gasteiger partial charge in [-0.3, -0.25) is 0 Å². The molecule has 164 valence electrons. The highest BCUT2D eigenvalue weighted by molar-refractivity contribution is 7.89.